The first-order valence-electron chi connectivity index (χ1n) is 11.2. The predicted molar refractivity (Wildman–Crippen MR) is 137 cm³/mol. The van der Waals surface area contributed by atoms with Crippen molar-refractivity contribution in [2.75, 3.05) is 0 Å². The third-order valence-corrected chi connectivity index (χ3v) is 7.65. The molecule has 1 amide bonds. The number of benzene rings is 2. The van der Waals surface area contributed by atoms with Gasteiger partial charge in [-0.2, -0.15) is 4.99 Å². The molecular weight excluding hydrogens is 468 g/mol. The monoisotopic (exact) mass is 490 g/mol. The molecule has 34 heavy (non-hydrogen) atoms. The zero-order valence-electron chi connectivity index (χ0n) is 18.3. The Morgan fingerprint density at radius 2 is 1.79 bits per heavy atom. The lowest BCUT2D eigenvalue weighted by molar-refractivity contribution is -0.384. The van der Waals surface area contributed by atoms with Gasteiger partial charge in [-0.25, -0.2) is 4.98 Å². The summed E-state index contributed by atoms with van der Waals surface area (Å²) in [5.74, 6) is -0.0613. The first-order chi connectivity index (χ1) is 16.6. The predicted octanol–water partition coefficient (Wildman–Crippen LogP) is 6.66. The molecule has 2 aliphatic rings. The number of nitro benzene ring substituents is 1. The minimum absolute atomic E-state index is 0.0247. The maximum absolute atomic E-state index is 13.4. The van der Waals surface area contributed by atoms with Crippen LogP contribution in [0.15, 0.2) is 69.9 Å². The molecule has 0 bridgehead atoms. The van der Waals surface area contributed by atoms with Gasteiger partial charge in [-0.1, -0.05) is 49.6 Å². The lowest BCUT2D eigenvalue weighted by Gasteiger charge is -2.30. The van der Waals surface area contributed by atoms with Gasteiger partial charge in [-0.3, -0.25) is 19.8 Å². The van der Waals surface area contributed by atoms with Crippen LogP contribution in [0.1, 0.15) is 37.7 Å². The molecule has 0 atom stereocenters. The van der Waals surface area contributed by atoms with E-state index in [2.05, 4.69) is 4.98 Å². The fourth-order valence-electron chi connectivity index (χ4n) is 4.21. The highest BCUT2D eigenvalue weighted by molar-refractivity contribution is 8.18. The fraction of sp³-hybridized carbons (Fsp3) is 0.240. The smallest absolute Gasteiger partial charge is 0.269 e. The zero-order chi connectivity index (χ0) is 23.5. The van der Waals surface area contributed by atoms with Gasteiger partial charge < -0.3 is 0 Å². The molecule has 1 aliphatic carbocycles. The molecule has 7 nitrogen and oxygen atoms in total. The second-order valence-electron chi connectivity index (χ2n) is 8.20. The minimum atomic E-state index is -0.431. The molecule has 2 heterocycles. The zero-order valence-corrected chi connectivity index (χ0v) is 19.9. The van der Waals surface area contributed by atoms with Crippen molar-refractivity contribution < 1.29 is 9.72 Å². The van der Waals surface area contributed by atoms with Gasteiger partial charge in [-0.05, 0) is 48.4 Å². The van der Waals surface area contributed by atoms with Gasteiger partial charge in [0.1, 0.15) is 0 Å². The highest BCUT2D eigenvalue weighted by atomic mass is 32.2. The van der Waals surface area contributed by atoms with Gasteiger partial charge in [0, 0.05) is 29.1 Å². The Hall–Kier alpha value is -3.30. The number of thioether (sulfide) groups is 1. The van der Waals surface area contributed by atoms with Crippen LogP contribution in [0, 0.1) is 10.1 Å². The highest BCUT2D eigenvalue weighted by Crippen LogP contribution is 2.39. The third-order valence-electron chi connectivity index (χ3n) is 5.93. The number of rotatable bonds is 5. The van der Waals surface area contributed by atoms with Gasteiger partial charge in [0.2, 0.25) is 5.13 Å². The van der Waals surface area contributed by atoms with Crippen LogP contribution in [0.5, 0.6) is 0 Å². The fourth-order valence-corrected chi connectivity index (χ4v) is 6.00. The van der Waals surface area contributed by atoms with Crippen molar-refractivity contribution >= 4 is 51.1 Å². The van der Waals surface area contributed by atoms with E-state index in [1.54, 1.807) is 18.2 Å². The number of hydrogen-bond donors (Lipinski definition) is 0. The molecule has 9 heteroatoms. The molecule has 0 spiro atoms. The number of aromatic nitrogens is 1. The van der Waals surface area contributed by atoms with Crippen LogP contribution in [-0.4, -0.2) is 31.9 Å². The Kier molecular flexibility index (Phi) is 6.55. The van der Waals surface area contributed by atoms with E-state index < -0.39 is 4.92 Å². The summed E-state index contributed by atoms with van der Waals surface area (Å²) in [6.07, 6.45) is 7.10. The van der Waals surface area contributed by atoms with E-state index in [0.29, 0.717) is 15.2 Å². The number of thiazole rings is 1. The van der Waals surface area contributed by atoms with Gasteiger partial charge in [-0.15, -0.1) is 11.3 Å². The normalized spacial score (nSPS) is 19.3. The summed E-state index contributed by atoms with van der Waals surface area (Å²) in [4.78, 5) is 35.8. The number of nitro groups is 1. The molecule has 0 radical (unpaired) electrons. The maximum atomic E-state index is 13.4. The van der Waals surface area contributed by atoms with Crippen LogP contribution in [0.3, 0.4) is 0 Å². The van der Waals surface area contributed by atoms with Crippen molar-refractivity contribution in [3.8, 4) is 11.3 Å². The van der Waals surface area contributed by atoms with E-state index in [1.165, 1.54) is 41.7 Å². The van der Waals surface area contributed by atoms with Crippen LogP contribution >= 0.6 is 23.1 Å². The molecule has 1 saturated carbocycles. The Bertz CT molecular complexity index is 1260. The van der Waals surface area contributed by atoms with E-state index >= 15 is 0 Å². The lowest BCUT2D eigenvalue weighted by Crippen LogP contribution is -2.40. The second kappa shape index (κ2) is 9.90. The first kappa shape index (κ1) is 22.5. The number of carbonyl (C=O) groups excluding carboxylic acids is 1. The summed E-state index contributed by atoms with van der Waals surface area (Å²) < 4.78 is 0. The summed E-state index contributed by atoms with van der Waals surface area (Å²) >= 11 is 2.80. The van der Waals surface area contributed by atoms with Crippen LogP contribution in [0.25, 0.3) is 17.3 Å². The van der Waals surface area contributed by atoms with Crippen molar-refractivity contribution in [3.05, 3.63) is 80.6 Å². The highest BCUT2D eigenvalue weighted by Gasteiger charge is 2.38. The first-order valence-corrected chi connectivity index (χ1v) is 12.9. The third kappa shape index (κ3) is 4.80. The number of hydrogen-bond acceptors (Lipinski definition) is 7. The average Bonchev–Trinajstić information content (AvgIpc) is 3.45. The van der Waals surface area contributed by atoms with E-state index in [0.717, 1.165) is 42.5 Å². The standard InChI is InChI=1S/C25H22N4O3S2/c30-23-22(15-17-11-13-20(14-12-17)29(31)32)34-25(28(23)19-9-5-2-6-10-19)27-24-26-21(16-33-24)18-7-3-1-4-8-18/h1,3-4,7-8,11-16,19H,2,5-6,9-10H2/b22-15-,27-25+. The molecular formula is C25H22N4O3S2. The molecule has 0 unspecified atom stereocenters. The SMILES string of the molecule is O=C1/C(=C/c2ccc([N+](=O)[O-])cc2)S/C(=N/c2nc(-c3ccccc3)cs2)N1C1CCCCC1. The molecule has 5 rings (SSSR count). The lowest BCUT2D eigenvalue weighted by atomic mass is 9.94. The Balaban J connectivity index is 1.46. The summed E-state index contributed by atoms with van der Waals surface area (Å²) in [5.41, 5.74) is 2.66. The van der Waals surface area contributed by atoms with Gasteiger partial charge in [0.05, 0.1) is 15.5 Å². The van der Waals surface area contributed by atoms with E-state index in [9.17, 15) is 14.9 Å². The topological polar surface area (TPSA) is 88.7 Å². The van der Waals surface area contributed by atoms with Crippen molar-refractivity contribution in [2.45, 2.75) is 38.1 Å². The van der Waals surface area contributed by atoms with Crippen molar-refractivity contribution in [3.63, 3.8) is 0 Å². The van der Waals surface area contributed by atoms with Gasteiger partial charge >= 0.3 is 0 Å². The minimum Gasteiger partial charge on any atom is -0.283 e. The summed E-state index contributed by atoms with van der Waals surface area (Å²) in [7, 11) is 0. The van der Waals surface area contributed by atoms with E-state index in [-0.39, 0.29) is 17.6 Å². The van der Waals surface area contributed by atoms with Crippen molar-refractivity contribution in [1.82, 2.24) is 9.88 Å². The molecule has 1 aliphatic heterocycles. The number of amidine groups is 1. The summed E-state index contributed by atoms with van der Waals surface area (Å²) in [5, 5.41) is 14.2. The van der Waals surface area contributed by atoms with Crippen molar-refractivity contribution in [1.29, 1.82) is 0 Å². The van der Waals surface area contributed by atoms with Crippen LogP contribution in [-0.2, 0) is 4.79 Å². The van der Waals surface area contributed by atoms with Gasteiger partial charge in [0.15, 0.2) is 5.17 Å². The molecule has 2 fully saturated rings. The number of amides is 1. The van der Waals surface area contributed by atoms with Crippen LogP contribution < -0.4 is 0 Å². The van der Waals surface area contributed by atoms with Crippen LogP contribution in [0.2, 0.25) is 0 Å². The van der Waals surface area contributed by atoms with Gasteiger partial charge in [0.25, 0.3) is 11.6 Å². The number of aliphatic imine (C=N–C) groups is 1. The Morgan fingerprint density at radius 3 is 2.50 bits per heavy atom. The molecule has 2 aromatic carbocycles. The number of non-ortho nitro benzene ring substituents is 1. The summed E-state index contributed by atoms with van der Waals surface area (Å²) in [6.45, 7) is 0. The summed E-state index contributed by atoms with van der Waals surface area (Å²) in [6, 6.07) is 16.3. The largest absolute Gasteiger partial charge is 0.283 e. The number of nitrogens with zero attached hydrogens (tertiary/aromatic N) is 4. The van der Waals surface area contributed by atoms with E-state index in [4.69, 9.17) is 4.99 Å². The second-order valence-corrected chi connectivity index (χ2v) is 10.0. The maximum Gasteiger partial charge on any atom is 0.269 e. The Morgan fingerprint density at radius 1 is 1.06 bits per heavy atom. The van der Waals surface area contributed by atoms with Crippen LogP contribution in [0.4, 0.5) is 10.8 Å². The molecule has 1 saturated heterocycles. The Labute approximate surface area is 205 Å². The molecule has 3 aromatic rings. The number of carbonyl (C=O) groups is 1. The van der Waals surface area contributed by atoms with Crippen molar-refractivity contribution in [2.24, 2.45) is 4.99 Å². The quantitative estimate of drug-likeness (QED) is 0.227. The average molecular weight is 491 g/mol. The molecule has 172 valence electrons. The molecule has 0 N–H and O–H groups in total. The molecule has 1 aromatic heterocycles. The van der Waals surface area contributed by atoms with E-state index in [1.807, 2.05) is 40.6 Å².